The summed E-state index contributed by atoms with van der Waals surface area (Å²) in [4.78, 5) is 11.8. The maximum absolute atomic E-state index is 11.8. The molecule has 1 N–H and O–H groups in total. The molecule has 0 atom stereocenters. The van der Waals surface area contributed by atoms with Crippen LogP contribution in [0.5, 0.6) is 0 Å². The first-order chi connectivity index (χ1) is 10.1. The van der Waals surface area contributed by atoms with E-state index in [-0.39, 0.29) is 12.5 Å². The predicted octanol–water partition coefficient (Wildman–Crippen LogP) is 2.45. The van der Waals surface area contributed by atoms with E-state index in [4.69, 9.17) is 12.2 Å². The number of amides is 1. The van der Waals surface area contributed by atoms with E-state index in [1.807, 2.05) is 0 Å². The Balaban J connectivity index is 2.06. The zero-order valence-corrected chi connectivity index (χ0v) is 13.2. The number of fused-ring (bicyclic) bond motifs is 1. The van der Waals surface area contributed by atoms with Crippen LogP contribution in [0.1, 0.15) is 41.5 Å². The van der Waals surface area contributed by atoms with Gasteiger partial charge < -0.3 is 5.32 Å². The Morgan fingerprint density at radius 3 is 2.62 bits per heavy atom. The predicted molar refractivity (Wildman–Crippen MR) is 87.5 cm³/mol. The zero-order valence-electron chi connectivity index (χ0n) is 12.4. The normalized spacial score (nSPS) is 20.5. The number of hydrogen-bond donors (Lipinski definition) is 1. The molecule has 1 saturated heterocycles. The van der Waals surface area contributed by atoms with Gasteiger partial charge in [-0.2, -0.15) is 10.1 Å². The van der Waals surface area contributed by atoms with Gasteiger partial charge >= 0.3 is 0 Å². The van der Waals surface area contributed by atoms with E-state index < -0.39 is 0 Å². The van der Waals surface area contributed by atoms with Crippen molar-refractivity contribution in [2.75, 3.05) is 6.54 Å². The molecule has 5 heteroatoms. The number of hydrazone groups is 1. The summed E-state index contributed by atoms with van der Waals surface area (Å²) in [6.45, 7) is 4.50. The lowest BCUT2D eigenvalue weighted by molar-refractivity contribution is -0.124. The number of thiocarbonyl (C=S) groups is 1. The molecule has 2 aliphatic rings. The fraction of sp³-hybridized carbons (Fsp3) is 0.438. The molecule has 0 bridgehead atoms. The van der Waals surface area contributed by atoms with Crippen LogP contribution in [0, 0.1) is 13.8 Å². The smallest absolute Gasteiger partial charge is 0.268 e. The van der Waals surface area contributed by atoms with E-state index >= 15 is 0 Å². The third kappa shape index (κ3) is 2.70. The van der Waals surface area contributed by atoms with Gasteiger partial charge in [-0.1, -0.05) is 6.07 Å². The molecule has 1 aliphatic heterocycles. The van der Waals surface area contributed by atoms with Crippen LogP contribution in [0.15, 0.2) is 17.2 Å². The monoisotopic (exact) mass is 301 g/mol. The van der Waals surface area contributed by atoms with Gasteiger partial charge in [0, 0.05) is 5.56 Å². The average Bonchev–Trinajstić information content (AvgIpc) is 2.66. The van der Waals surface area contributed by atoms with E-state index in [2.05, 4.69) is 36.4 Å². The van der Waals surface area contributed by atoms with Crippen molar-refractivity contribution in [1.82, 2.24) is 10.3 Å². The van der Waals surface area contributed by atoms with Crippen LogP contribution in [0.2, 0.25) is 0 Å². The third-order valence-corrected chi connectivity index (χ3v) is 4.50. The van der Waals surface area contributed by atoms with Crippen molar-refractivity contribution >= 4 is 28.9 Å². The third-order valence-electron chi connectivity index (χ3n) is 4.18. The van der Waals surface area contributed by atoms with E-state index in [9.17, 15) is 4.79 Å². The van der Waals surface area contributed by atoms with Crippen LogP contribution < -0.4 is 5.32 Å². The first kappa shape index (κ1) is 14.2. The summed E-state index contributed by atoms with van der Waals surface area (Å²) < 4.78 is 0. The summed E-state index contributed by atoms with van der Waals surface area (Å²) in [7, 11) is 0. The number of nitrogens with zero attached hydrogens (tertiary/aromatic N) is 2. The van der Waals surface area contributed by atoms with Crippen molar-refractivity contribution in [1.29, 1.82) is 0 Å². The topological polar surface area (TPSA) is 44.7 Å². The van der Waals surface area contributed by atoms with Crippen molar-refractivity contribution in [3.05, 3.63) is 34.4 Å². The highest BCUT2D eigenvalue weighted by Gasteiger charge is 2.26. The van der Waals surface area contributed by atoms with E-state index in [1.54, 1.807) is 0 Å². The summed E-state index contributed by atoms with van der Waals surface area (Å²) in [5.41, 5.74) is 6.06. The Bertz CT molecular complexity index is 635. The fourth-order valence-electron chi connectivity index (χ4n) is 2.83. The minimum atomic E-state index is -0.0814. The van der Waals surface area contributed by atoms with Crippen molar-refractivity contribution in [2.24, 2.45) is 5.10 Å². The molecule has 1 aliphatic carbocycles. The van der Waals surface area contributed by atoms with Crippen LogP contribution >= 0.6 is 12.2 Å². The van der Waals surface area contributed by atoms with Crippen LogP contribution in [0.4, 0.5) is 0 Å². The lowest BCUT2D eigenvalue weighted by Gasteiger charge is -2.14. The first-order valence-corrected chi connectivity index (χ1v) is 7.76. The number of nitrogens with one attached hydrogen (secondary N) is 1. The van der Waals surface area contributed by atoms with Crippen LogP contribution in [-0.4, -0.2) is 28.3 Å². The maximum atomic E-state index is 11.8. The van der Waals surface area contributed by atoms with E-state index in [0.29, 0.717) is 5.11 Å². The summed E-state index contributed by atoms with van der Waals surface area (Å²) >= 11 is 5.15. The molecule has 1 amide bonds. The standard InChI is InChI=1S/C16H19N3OS/c1-10-7-12-5-3-4-6-14(13(12)8-11(10)2)18-19-15(20)9-17-16(19)21/h7-8H,3-6,9H2,1-2H3,(H,17,21)/b18-14+. The number of rotatable bonds is 1. The lowest BCUT2D eigenvalue weighted by atomic mass is 9.96. The van der Waals surface area contributed by atoms with Gasteiger partial charge in [-0.15, -0.1) is 0 Å². The minimum absolute atomic E-state index is 0.0814. The number of carbonyl (C=O) groups excluding carboxylic acids is 1. The Kier molecular flexibility index (Phi) is 3.76. The van der Waals surface area contributed by atoms with Crippen LogP contribution in [-0.2, 0) is 11.2 Å². The molecular formula is C16H19N3OS. The minimum Gasteiger partial charge on any atom is -0.352 e. The molecule has 1 aromatic rings. The van der Waals surface area contributed by atoms with Gasteiger partial charge in [0.05, 0.1) is 12.3 Å². The fourth-order valence-corrected chi connectivity index (χ4v) is 3.05. The zero-order chi connectivity index (χ0) is 15.0. The average molecular weight is 301 g/mol. The van der Waals surface area contributed by atoms with Crippen molar-refractivity contribution in [2.45, 2.75) is 39.5 Å². The molecule has 1 aromatic carbocycles. The van der Waals surface area contributed by atoms with Crippen molar-refractivity contribution < 1.29 is 4.79 Å². The Labute approximate surface area is 130 Å². The highest BCUT2D eigenvalue weighted by molar-refractivity contribution is 7.80. The highest BCUT2D eigenvalue weighted by Crippen LogP contribution is 2.25. The molecular weight excluding hydrogens is 282 g/mol. The summed E-state index contributed by atoms with van der Waals surface area (Å²) in [6.07, 6.45) is 4.22. The maximum Gasteiger partial charge on any atom is 0.268 e. The van der Waals surface area contributed by atoms with Gasteiger partial charge in [0.2, 0.25) is 0 Å². The first-order valence-electron chi connectivity index (χ1n) is 7.35. The second kappa shape index (κ2) is 5.56. The molecule has 0 unspecified atom stereocenters. The summed E-state index contributed by atoms with van der Waals surface area (Å²) in [6, 6.07) is 4.46. The molecule has 0 spiro atoms. The van der Waals surface area contributed by atoms with Gasteiger partial charge in [-0.25, -0.2) is 0 Å². The number of hydrogen-bond acceptors (Lipinski definition) is 3. The quantitative estimate of drug-likeness (QED) is 0.640. The highest BCUT2D eigenvalue weighted by atomic mass is 32.1. The van der Waals surface area contributed by atoms with Crippen LogP contribution in [0.25, 0.3) is 0 Å². The summed E-state index contributed by atoms with van der Waals surface area (Å²) in [5, 5.41) is 9.18. The Hall–Kier alpha value is -1.75. The van der Waals surface area contributed by atoms with Gasteiger partial charge in [0.15, 0.2) is 5.11 Å². The molecule has 0 saturated carbocycles. The lowest BCUT2D eigenvalue weighted by Crippen LogP contribution is -2.27. The summed E-state index contributed by atoms with van der Waals surface area (Å²) in [5.74, 6) is -0.0814. The largest absolute Gasteiger partial charge is 0.352 e. The molecule has 21 heavy (non-hydrogen) atoms. The molecule has 3 rings (SSSR count). The molecule has 1 heterocycles. The SMILES string of the molecule is Cc1cc2c(cc1C)/C(=N/N1C(=O)CNC1=S)CCCC2. The number of aryl methyl sites for hydroxylation is 3. The van der Waals surface area contributed by atoms with Crippen LogP contribution in [0.3, 0.4) is 0 Å². The van der Waals surface area contributed by atoms with E-state index in [1.165, 1.54) is 27.3 Å². The van der Waals surface area contributed by atoms with Crippen molar-refractivity contribution in [3.63, 3.8) is 0 Å². The van der Waals surface area contributed by atoms with Gasteiger partial charge in [0.1, 0.15) is 0 Å². The van der Waals surface area contributed by atoms with Gasteiger partial charge in [-0.3, -0.25) is 4.79 Å². The van der Waals surface area contributed by atoms with Crippen molar-refractivity contribution in [3.8, 4) is 0 Å². The number of carbonyl (C=O) groups is 1. The second-order valence-electron chi connectivity index (χ2n) is 5.71. The molecule has 4 nitrogen and oxygen atoms in total. The molecule has 0 radical (unpaired) electrons. The Morgan fingerprint density at radius 2 is 1.90 bits per heavy atom. The number of benzene rings is 1. The second-order valence-corrected chi connectivity index (χ2v) is 6.10. The van der Waals surface area contributed by atoms with Gasteiger partial charge in [-0.05, 0) is 74.5 Å². The molecule has 1 fully saturated rings. The van der Waals surface area contributed by atoms with E-state index in [0.717, 1.165) is 31.4 Å². The molecule has 110 valence electrons. The Morgan fingerprint density at radius 1 is 1.19 bits per heavy atom. The molecule has 0 aromatic heterocycles. The van der Waals surface area contributed by atoms with Gasteiger partial charge in [0.25, 0.3) is 5.91 Å².